The van der Waals surface area contributed by atoms with E-state index < -0.39 is 0 Å². The molecular weight excluding hydrogens is 263 g/mol. The van der Waals surface area contributed by atoms with E-state index in [4.69, 9.17) is 4.74 Å². The summed E-state index contributed by atoms with van der Waals surface area (Å²) in [5.74, 6) is -0.0955. The van der Waals surface area contributed by atoms with Crippen LogP contribution in [-0.2, 0) is 4.79 Å². The van der Waals surface area contributed by atoms with E-state index in [1.165, 1.54) is 30.8 Å². The number of carbonyl (C=O) groups excluding carboxylic acids is 1. The van der Waals surface area contributed by atoms with Gasteiger partial charge in [-0.25, -0.2) is 4.39 Å². The lowest BCUT2D eigenvalue weighted by atomic mass is 10.2. The van der Waals surface area contributed by atoms with Crippen molar-refractivity contribution in [3.63, 3.8) is 0 Å². The van der Waals surface area contributed by atoms with Gasteiger partial charge < -0.3 is 4.74 Å². The summed E-state index contributed by atoms with van der Waals surface area (Å²) >= 11 is 1.43. The van der Waals surface area contributed by atoms with Crippen molar-refractivity contribution in [2.75, 3.05) is 0 Å². The topological polar surface area (TPSA) is 26.3 Å². The molecule has 2 rings (SSSR count). The van der Waals surface area contributed by atoms with Gasteiger partial charge in [-0.3, -0.25) is 4.79 Å². The van der Waals surface area contributed by atoms with Gasteiger partial charge in [0, 0.05) is 11.8 Å². The molecule has 0 radical (unpaired) electrons. The lowest BCUT2D eigenvalue weighted by Gasteiger charge is -2.09. The van der Waals surface area contributed by atoms with E-state index in [9.17, 15) is 9.18 Å². The van der Waals surface area contributed by atoms with Crippen molar-refractivity contribution >= 4 is 17.7 Å². The minimum absolute atomic E-state index is 0.270. The number of halogens is 1. The summed E-state index contributed by atoms with van der Waals surface area (Å²) in [4.78, 5) is 12.8. The number of esters is 1. The minimum Gasteiger partial charge on any atom is -0.426 e. The highest BCUT2D eigenvalue weighted by molar-refractivity contribution is 7.99. The van der Waals surface area contributed by atoms with Gasteiger partial charge in [-0.05, 0) is 48.9 Å². The minimum atomic E-state index is -0.355. The lowest BCUT2D eigenvalue weighted by Crippen LogP contribution is -2.02. The first-order valence-corrected chi connectivity index (χ1v) is 6.59. The van der Waals surface area contributed by atoms with Gasteiger partial charge in [0.25, 0.3) is 0 Å². The quantitative estimate of drug-likeness (QED) is 0.620. The Morgan fingerprint density at radius 2 is 1.84 bits per heavy atom. The van der Waals surface area contributed by atoms with Gasteiger partial charge in [-0.15, -0.1) is 0 Å². The summed E-state index contributed by atoms with van der Waals surface area (Å²) in [6.07, 6.45) is 0. The molecule has 98 valence electrons. The monoisotopic (exact) mass is 276 g/mol. The summed E-state index contributed by atoms with van der Waals surface area (Å²) in [5, 5.41) is 0. The smallest absolute Gasteiger partial charge is 0.308 e. The zero-order valence-electron chi connectivity index (χ0n) is 10.6. The summed E-state index contributed by atoms with van der Waals surface area (Å²) in [5.41, 5.74) is 1.01. The van der Waals surface area contributed by atoms with Crippen LogP contribution in [0.5, 0.6) is 5.75 Å². The lowest BCUT2D eigenvalue weighted by molar-refractivity contribution is -0.132. The molecule has 0 spiro atoms. The van der Waals surface area contributed by atoms with E-state index in [1.54, 1.807) is 12.1 Å². The first-order chi connectivity index (χ1) is 9.04. The van der Waals surface area contributed by atoms with Crippen LogP contribution in [0.2, 0.25) is 0 Å². The van der Waals surface area contributed by atoms with E-state index in [-0.39, 0.29) is 11.8 Å². The van der Waals surface area contributed by atoms with Crippen LogP contribution in [0.25, 0.3) is 0 Å². The highest BCUT2D eigenvalue weighted by atomic mass is 32.2. The van der Waals surface area contributed by atoms with Crippen molar-refractivity contribution < 1.29 is 13.9 Å². The number of aryl methyl sites for hydroxylation is 1. The van der Waals surface area contributed by atoms with Crippen LogP contribution in [0.15, 0.2) is 52.3 Å². The van der Waals surface area contributed by atoms with Crippen LogP contribution in [-0.4, -0.2) is 5.97 Å². The van der Waals surface area contributed by atoms with Crippen LogP contribution in [0.4, 0.5) is 4.39 Å². The summed E-state index contributed by atoms with van der Waals surface area (Å²) in [6, 6.07) is 11.8. The Balaban J connectivity index is 2.28. The Kier molecular flexibility index (Phi) is 4.22. The molecule has 0 fully saturated rings. The van der Waals surface area contributed by atoms with Crippen molar-refractivity contribution in [1.82, 2.24) is 0 Å². The fourth-order valence-corrected chi connectivity index (χ4v) is 2.43. The fraction of sp³-hybridized carbons (Fsp3) is 0.133. The van der Waals surface area contributed by atoms with Crippen molar-refractivity contribution in [2.24, 2.45) is 0 Å². The number of carbonyl (C=O) groups is 1. The van der Waals surface area contributed by atoms with E-state index in [2.05, 4.69) is 0 Å². The molecular formula is C15H13FO2S. The van der Waals surface area contributed by atoms with Gasteiger partial charge in [0.2, 0.25) is 0 Å². The van der Waals surface area contributed by atoms with Gasteiger partial charge in [-0.1, -0.05) is 17.8 Å². The van der Waals surface area contributed by atoms with Gasteiger partial charge in [0.1, 0.15) is 11.6 Å². The van der Waals surface area contributed by atoms with Gasteiger partial charge in [0.15, 0.2) is 0 Å². The fourth-order valence-electron chi connectivity index (χ4n) is 1.56. The molecule has 0 N–H and O–H groups in total. The van der Waals surface area contributed by atoms with E-state index in [0.717, 1.165) is 15.4 Å². The summed E-state index contributed by atoms with van der Waals surface area (Å²) < 4.78 is 18.0. The SMILES string of the molecule is CC(=O)Oc1cc(C)ccc1Sc1ccc(F)cc1. The van der Waals surface area contributed by atoms with Gasteiger partial charge in [-0.2, -0.15) is 0 Å². The molecule has 0 aliphatic rings. The second kappa shape index (κ2) is 5.89. The number of ether oxygens (including phenoxy) is 1. The first-order valence-electron chi connectivity index (χ1n) is 5.77. The molecule has 0 aliphatic heterocycles. The molecule has 0 atom stereocenters. The van der Waals surface area contributed by atoms with Crippen molar-refractivity contribution in [3.05, 3.63) is 53.8 Å². The number of rotatable bonds is 3. The molecule has 4 heteroatoms. The molecule has 0 heterocycles. The normalized spacial score (nSPS) is 10.3. The Morgan fingerprint density at radius 1 is 1.16 bits per heavy atom. The second-order valence-electron chi connectivity index (χ2n) is 4.10. The van der Waals surface area contributed by atoms with Crippen molar-refractivity contribution in [2.45, 2.75) is 23.6 Å². The van der Waals surface area contributed by atoms with Gasteiger partial charge in [0.05, 0.1) is 4.90 Å². The van der Waals surface area contributed by atoms with Crippen molar-refractivity contribution in [3.8, 4) is 5.75 Å². The summed E-state index contributed by atoms with van der Waals surface area (Å²) in [6.45, 7) is 3.30. The van der Waals surface area contributed by atoms with Crippen LogP contribution in [0.3, 0.4) is 0 Å². The highest BCUT2D eigenvalue weighted by Gasteiger charge is 2.08. The molecule has 0 saturated heterocycles. The second-order valence-corrected chi connectivity index (χ2v) is 5.22. The zero-order chi connectivity index (χ0) is 13.8. The Morgan fingerprint density at radius 3 is 2.47 bits per heavy atom. The summed E-state index contributed by atoms with van der Waals surface area (Å²) in [7, 11) is 0. The molecule has 2 nitrogen and oxygen atoms in total. The predicted octanol–water partition coefficient (Wildman–Crippen LogP) is 4.21. The molecule has 19 heavy (non-hydrogen) atoms. The van der Waals surface area contributed by atoms with Crippen LogP contribution < -0.4 is 4.74 Å². The third-order valence-electron chi connectivity index (χ3n) is 2.39. The van der Waals surface area contributed by atoms with Gasteiger partial charge >= 0.3 is 5.97 Å². The third kappa shape index (κ3) is 3.83. The molecule has 0 aliphatic carbocycles. The number of benzene rings is 2. The Hall–Kier alpha value is -1.81. The Labute approximate surface area is 115 Å². The van der Waals surface area contributed by atoms with Crippen LogP contribution in [0.1, 0.15) is 12.5 Å². The van der Waals surface area contributed by atoms with Crippen LogP contribution >= 0.6 is 11.8 Å². The molecule has 2 aromatic carbocycles. The van der Waals surface area contributed by atoms with Crippen molar-refractivity contribution in [1.29, 1.82) is 0 Å². The molecule has 0 amide bonds. The molecule has 0 aromatic heterocycles. The number of hydrogen-bond donors (Lipinski definition) is 0. The maximum atomic E-state index is 12.9. The zero-order valence-corrected chi connectivity index (χ0v) is 11.5. The van der Waals surface area contributed by atoms with Crippen LogP contribution in [0, 0.1) is 12.7 Å². The maximum Gasteiger partial charge on any atom is 0.308 e. The average molecular weight is 276 g/mol. The van der Waals surface area contributed by atoms with E-state index >= 15 is 0 Å². The largest absolute Gasteiger partial charge is 0.426 e. The first kappa shape index (κ1) is 13.6. The third-order valence-corrected chi connectivity index (χ3v) is 3.46. The molecule has 0 unspecified atom stereocenters. The van der Waals surface area contributed by atoms with E-state index in [1.807, 2.05) is 25.1 Å². The number of hydrogen-bond acceptors (Lipinski definition) is 3. The highest BCUT2D eigenvalue weighted by Crippen LogP contribution is 2.35. The average Bonchev–Trinajstić information content (AvgIpc) is 2.34. The van der Waals surface area contributed by atoms with E-state index in [0.29, 0.717) is 5.75 Å². The predicted molar refractivity (Wildman–Crippen MR) is 73.0 cm³/mol. The molecule has 2 aromatic rings. The maximum absolute atomic E-state index is 12.9. The Bertz CT molecular complexity index is 594. The standard InChI is InChI=1S/C15H13FO2S/c1-10-3-8-15(14(9-10)18-11(2)17)19-13-6-4-12(16)5-7-13/h3-9H,1-2H3. The molecule has 0 saturated carbocycles. The molecule has 0 bridgehead atoms.